The lowest BCUT2D eigenvalue weighted by Gasteiger charge is -1.97. The molecule has 2 heterocycles. The zero-order valence-corrected chi connectivity index (χ0v) is 10.3. The highest BCUT2D eigenvalue weighted by molar-refractivity contribution is 5.94. The number of hydrogen-bond donors (Lipinski definition) is 2. The number of rotatable bonds is 3. The minimum absolute atomic E-state index is 0.273. The second-order valence-electron chi connectivity index (χ2n) is 4.36. The fourth-order valence-corrected chi connectivity index (χ4v) is 2.18. The van der Waals surface area contributed by atoms with Gasteiger partial charge in [0, 0.05) is 23.7 Å². The van der Waals surface area contributed by atoms with Crippen molar-refractivity contribution < 1.29 is 4.79 Å². The number of carbonyl (C=O) groups excluding carboxylic acids is 1. The molecule has 0 unspecified atom stereocenters. The van der Waals surface area contributed by atoms with Gasteiger partial charge >= 0.3 is 0 Å². The third-order valence-corrected chi connectivity index (χ3v) is 3.11. The van der Waals surface area contributed by atoms with Crippen LogP contribution in [0, 0.1) is 0 Å². The number of hydrogen-bond acceptors (Lipinski definition) is 4. The van der Waals surface area contributed by atoms with Crippen molar-refractivity contribution in [3.8, 4) is 0 Å². The van der Waals surface area contributed by atoms with Crippen LogP contribution < -0.4 is 5.43 Å². The van der Waals surface area contributed by atoms with Crippen LogP contribution in [-0.2, 0) is 12.8 Å². The Bertz CT molecular complexity index is 617. The summed E-state index contributed by atoms with van der Waals surface area (Å²) in [5.74, 6) is -0.273. The van der Waals surface area contributed by atoms with Crippen molar-refractivity contribution in [1.29, 1.82) is 0 Å². The van der Waals surface area contributed by atoms with E-state index in [0.717, 1.165) is 36.1 Å². The Hall–Kier alpha value is -2.50. The van der Waals surface area contributed by atoms with Crippen molar-refractivity contribution in [2.24, 2.45) is 5.10 Å². The average Bonchev–Trinajstić information content (AvgIpc) is 3.02. The van der Waals surface area contributed by atoms with E-state index in [4.69, 9.17) is 0 Å². The predicted octanol–water partition coefficient (Wildman–Crippen LogP) is 1.06. The van der Waals surface area contributed by atoms with Crippen LogP contribution in [0.4, 0.5) is 0 Å². The van der Waals surface area contributed by atoms with E-state index < -0.39 is 0 Å². The highest BCUT2D eigenvalue weighted by Gasteiger charge is 2.22. The van der Waals surface area contributed by atoms with Crippen LogP contribution in [0.2, 0.25) is 0 Å². The van der Waals surface area contributed by atoms with Crippen LogP contribution in [0.5, 0.6) is 0 Å². The van der Waals surface area contributed by atoms with Crippen molar-refractivity contribution in [3.05, 3.63) is 47.0 Å². The lowest BCUT2D eigenvalue weighted by molar-refractivity contribution is 0.0949. The summed E-state index contributed by atoms with van der Waals surface area (Å²) in [4.78, 5) is 15.8. The molecule has 2 N–H and O–H groups in total. The van der Waals surface area contributed by atoms with Gasteiger partial charge in [-0.15, -0.1) is 0 Å². The largest absolute Gasteiger partial charge is 0.292 e. The number of aromatic nitrogens is 3. The Kier molecular flexibility index (Phi) is 3.06. The first kappa shape index (κ1) is 11.6. The van der Waals surface area contributed by atoms with Gasteiger partial charge in [-0.25, -0.2) is 5.43 Å². The molecule has 1 aliphatic carbocycles. The number of fused-ring (bicyclic) bond motifs is 1. The minimum Gasteiger partial charge on any atom is -0.281 e. The van der Waals surface area contributed by atoms with Crippen LogP contribution in [0.3, 0.4) is 0 Å². The van der Waals surface area contributed by atoms with E-state index in [9.17, 15) is 4.79 Å². The van der Waals surface area contributed by atoms with Crippen molar-refractivity contribution in [2.75, 3.05) is 0 Å². The Morgan fingerprint density at radius 2 is 2.21 bits per heavy atom. The van der Waals surface area contributed by atoms with Crippen LogP contribution in [0.1, 0.15) is 33.7 Å². The lowest BCUT2D eigenvalue weighted by Crippen LogP contribution is -2.19. The number of H-pyrrole nitrogens is 1. The summed E-state index contributed by atoms with van der Waals surface area (Å²) in [7, 11) is 0. The van der Waals surface area contributed by atoms with Crippen molar-refractivity contribution in [2.45, 2.75) is 19.3 Å². The van der Waals surface area contributed by atoms with Crippen LogP contribution in [-0.4, -0.2) is 27.3 Å². The van der Waals surface area contributed by atoms with E-state index in [2.05, 4.69) is 25.7 Å². The Morgan fingerprint density at radius 3 is 3.05 bits per heavy atom. The smallest absolute Gasteiger partial charge is 0.281 e. The first-order chi connectivity index (χ1) is 9.34. The normalized spacial score (nSPS) is 13.7. The van der Waals surface area contributed by atoms with E-state index in [-0.39, 0.29) is 5.91 Å². The fourth-order valence-electron chi connectivity index (χ4n) is 2.18. The molecule has 0 saturated carbocycles. The number of aryl methyl sites for hydroxylation is 1. The molecule has 0 saturated heterocycles. The zero-order chi connectivity index (χ0) is 13.1. The summed E-state index contributed by atoms with van der Waals surface area (Å²) >= 11 is 0. The molecule has 96 valence electrons. The number of amides is 1. The summed E-state index contributed by atoms with van der Waals surface area (Å²) in [5.41, 5.74) is 5.92. The van der Waals surface area contributed by atoms with Gasteiger partial charge in [-0.3, -0.25) is 14.9 Å². The standard InChI is InChI=1S/C13H13N5O/c19-13(12-10-2-1-3-11(10)16-17-12)18-15-8-9-4-6-14-7-5-9/h4-8H,1-3H2,(H,16,17)(H,18,19)/b15-8-. The number of nitrogens with zero attached hydrogens (tertiary/aromatic N) is 3. The average molecular weight is 255 g/mol. The third-order valence-electron chi connectivity index (χ3n) is 3.11. The second-order valence-corrected chi connectivity index (χ2v) is 4.36. The van der Waals surface area contributed by atoms with Gasteiger partial charge < -0.3 is 0 Å². The fraction of sp³-hybridized carbons (Fsp3) is 0.231. The number of hydrazone groups is 1. The molecular weight excluding hydrogens is 242 g/mol. The molecular formula is C13H13N5O. The molecule has 19 heavy (non-hydrogen) atoms. The molecule has 1 amide bonds. The lowest BCUT2D eigenvalue weighted by atomic mass is 10.2. The van der Waals surface area contributed by atoms with E-state index in [1.54, 1.807) is 18.6 Å². The summed E-state index contributed by atoms with van der Waals surface area (Å²) in [6, 6.07) is 3.61. The Labute approximate surface area is 110 Å². The molecule has 2 aromatic rings. The van der Waals surface area contributed by atoms with Crippen LogP contribution in [0.25, 0.3) is 0 Å². The summed E-state index contributed by atoms with van der Waals surface area (Å²) in [6.07, 6.45) is 7.86. The molecule has 0 atom stereocenters. The van der Waals surface area contributed by atoms with Gasteiger partial charge in [0.05, 0.1) is 6.21 Å². The molecule has 6 heteroatoms. The molecule has 0 bridgehead atoms. The van der Waals surface area contributed by atoms with Crippen LogP contribution in [0.15, 0.2) is 29.6 Å². The number of carbonyl (C=O) groups is 1. The van der Waals surface area contributed by atoms with E-state index >= 15 is 0 Å². The van der Waals surface area contributed by atoms with Gasteiger partial charge in [-0.05, 0) is 37.0 Å². The predicted molar refractivity (Wildman–Crippen MR) is 69.9 cm³/mol. The molecule has 2 aromatic heterocycles. The van der Waals surface area contributed by atoms with Gasteiger partial charge in [0.25, 0.3) is 5.91 Å². The number of aromatic amines is 1. The molecule has 3 rings (SSSR count). The summed E-state index contributed by atoms with van der Waals surface area (Å²) < 4.78 is 0. The monoisotopic (exact) mass is 255 g/mol. The maximum absolute atomic E-state index is 11.9. The second kappa shape index (κ2) is 5.01. The topological polar surface area (TPSA) is 83.0 Å². The quantitative estimate of drug-likeness (QED) is 0.635. The van der Waals surface area contributed by atoms with Crippen LogP contribution >= 0.6 is 0 Å². The molecule has 1 aliphatic rings. The maximum Gasteiger partial charge on any atom is 0.292 e. The van der Waals surface area contributed by atoms with Gasteiger partial charge in [0.2, 0.25) is 0 Å². The van der Waals surface area contributed by atoms with Crippen molar-refractivity contribution >= 4 is 12.1 Å². The van der Waals surface area contributed by atoms with E-state index in [0.29, 0.717) is 5.69 Å². The van der Waals surface area contributed by atoms with E-state index in [1.165, 1.54) is 0 Å². The first-order valence-corrected chi connectivity index (χ1v) is 6.14. The number of nitrogens with one attached hydrogen (secondary N) is 2. The number of pyridine rings is 1. The SMILES string of the molecule is O=C(N/N=C\c1ccncc1)c1n[nH]c2c1CCC2. The first-order valence-electron chi connectivity index (χ1n) is 6.14. The van der Waals surface area contributed by atoms with E-state index in [1.807, 2.05) is 12.1 Å². The molecule has 0 aromatic carbocycles. The molecule has 0 fully saturated rings. The van der Waals surface area contributed by atoms with Crippen molar-refractivity contribution in [3.63, 3.8) is 0 Å². The van der Waals surface area contributed by atoms with Gasteiger partial charge in [-0.2, -0.15) is 10.2 Å². The maximum atomic E-state index is 11.9. The highest BCUT2D eigenvalue weighted by atomic mass is 16.2. The summed E-state index contributed by atoms with van der Waals surface area (Å²) in [5, 5.41) is 10.9. The third kappa shape index (κ3) is 2.37. The summed E-state index contributed by atoms with van der Waals surface area (Å²) in [6.45, 7) is 0. The minimum atomic E-state index is -0.273. The molecule has 0 spiro atoms. The highest BCUT2D eigenvalue weighted by Crippen LogP contribution is 2.22. The van der Waals surface area contributed by atoms with Gasteiger partial charge in [0.1, 0.15) is 0 Å². The molecule has 6 nitrogen and oxygen atoms in total. The van der Waals surface area contributed by atoms with Gasteiger partial charge in [-0.1, -0.05) is 0 Å². The van der Waals surface area contributed by atoms with Gasteiger partial charge in [0.15, 0.2) is 5.69 Å². The Morgan fingerprint density at radius 1 is 1.37 bits per heavy atom. The van der Waals surface area contributed by atoms with Crippen molar-refractivity contribution in [1.82, 2.24) is 20.6 Å². The molecule has 0 aliphatic heterocycles. The Balaban J connectivity index is 1.67. The zero-order valence-electron chi connectivity index (χ0n) is 10.3. The molecule has 0 radical (unpaired) electrons.